The van der Waals surface area contributed by atoms with Crippen molar-refractivity contribution in [2.45, 2.75) is 32.7 Å². The number of nitrogens with zero attached hydrogens (tertiary/aromatic N) is 2. The van der Waals surface area contributed by atoms with Gasteiger partial charge < -0.3 is 5.32 Å². The molecule has 0 radical (unpaired) electrons. The first-order valence-electron chi connectivity index (χ1n) is 6.63. The molecule has 0 aliphatic heterocycles. The summed E-state index contributed by atoms with van der Waals surface area (Å²) in [7, 11) is 0. The van der Waals surface area contributed by atoms with Gasteiger partial charge in [0.1, 0.15) is 11.6 Å². The van der Waals surface area contributed by atoms with Gasteiger partial charge in [0.2, 0.25) is 0 Å². The van der Waals surface area contributed by atoms with E-state index in [9.17, 15) is 8.78 Å². The van der Waals surface area contributed by atoms with Gasteiger partial charge in [0.15, 0.2) is 0 Å². The predicted molar refractivity (Wildman–Crippen MR) is 75.8 cm³/mol. The Hall–Kier alpha value is -1.40. The molecule has 2 aromatic rings. The second-order valence-electron chi connectivity index (χ2n) is 4.53. The van der Waals surface area contributed by atoms with Crippen molar-refractivity contribution in [3.8, 4) is 0 Å². The number of halogens is 2. The summed E-state index contributed by atoms with van der Waals surface area (Å²) in [5.41, 5.74) is 1.57. The van der Waals surface area contributed by atoms with Gasteiger partial charge in [-0.2, -0.15) is 0 Å². The van der Waals surface area contributed by atoms with Crippen molar-refractivity contribution in [1.82, 2.24) is 14.9 Å². The number of nitrogens with one attached hydrogen (secondary N) is 1. The van der Waals surface area contributed by atoms with E-state index in [1.54, 1.807) is 0 Å². The van der Waals surface area contributed by atoms with Crippen molar-refractivity contribution in [1.29, 1.82) is 0 Å². The molecule has 6 heteroatoms. The lowest BCUT2D eigenvalue weighted by Gasteiger charge is -2.17. The van der Waals surface area contributed by atoms with Crippen LogP contribution in [0.1, 0.15) is 36.0 Å². The first kappa shape index (κ1) is 15.0. The summed E-state index contributed by atoms with van der Waals surface area (Å²) in [6, 6.07) is 3.61. The number of hydrogen-bond acceptors (Lipinski definition) is 4. The van der Waals surface area contributed by atoms with E-state index in [1.165, 1.54) is 23.7 Å². The summed E-state index contributed by atoms with van der Waals surface area (Å²) >= 11 is 1.34. The molecule has 1 aromatic carbocycles. The average Bonchev–Trinajstić information content (AvgIpc) is 2.85. The lowest BCUT2D eigenvalue weighted by atomic mass is 10.0. The molecule has 0 bridgehead atoms. The van der Waals surface area contributed by atoms with Crippen LogP contribution in [0.3, 0.4) is 0 Å². The van der Waals surface area contributed by atoms with E-state index in [2.05, 4.69) is 14.9 Å². The van der Waals surface area contributed by atoms with E-state index < -0.39 is 11.6 Å². The molecule has 1 heterocycles. The van der Waals surface area contributed by atoms with Gasteiger partial charge in [0.05, 0.1) is 10.6 Å². The second kappa shape index (κ2) is 6.85. The smallest absolute Gasteiger partial charge is 0.126 e. The summed E-state index contributed by atoms with van der Waals surface area (Å²) in [5, 5.41) is 7.43. The summed E-state index contributed by atoms with van der Waals surface area (Å²) < 4.78 is 30.5. The minimum atomic E-state index is -0.548. The van der Waals surface area contributed by atoms with Crippen molar-refractivity contribution in [2.24, 2.45) is 0 Å². The zero-order valence-electron chi connectivity index (χ0n) is 11.5. The largest absolute Gasteiger partial charge is 0.309 e. The number of aryl methyl sites for hydroxylation is 1. The molecule has 0 saturated heterocycles. The van der Waals surface area contributed by atoms with Crippen LogP contribution in [0.15, 0.2) is 18.2 Å². The number of hydrogen-bond donors (Lipinski definition) is 1. The van der Waals surface area contributed by atoms with Crippen LogP contribution in [0.25, 0.3) is 0 Å². The molecule has 3 nitrogen and oxygen atoms in total. The predicted octanol–water partition coefficient (Wildman–Crippen LogP) is 3.27. The van der Waals surface area contributed by atoms with Gasteiger partial charge in [-0.1, -0.05) is 18.3 Å². The van der Waals surface area contributed by atoms with Crippen molar-refractivity contribution in [3.05, 3.63) is 46.0 Å². The third-order valence-electron chi connectivity index (χ3n) is 3.05. The molecule has 1 aromatic heterocycles. The standard InChI is InChI=1S/C14H17F2N3S/c1-3-12-14(20-19-18-12)13(17-4-2)7-9-5-10(15)8-11(16)6-9/h5-6,8,13,17H,3-4,7H2,1-2H3. The lowest BCUT2D eigenvalue weighted by molar-refractivity contribution is 0.541. The molecule has 2 rings (SSSR count). The third-order valence-corrected chi connectivity index (χ3v) is 3.93. The quantitative estimate of drug-likeness (QED) is 0.889. The highest BCUT2D eigenvalue weighted by Gasteiger charge is 2.18. The zero-order chi connectivity index (χ0) is 14.5. The van der Waals surface area contributed by atoms with E-state index in [-0.39, 0.29) is 6.04 Å². The summed E-state index contributed by atoms with van der Waals surface area (Å²) in [4.78, 5) is 1.04. The number of benzene rings is 1. The van der Waals surface area contributed by atoms with Crippen molar-refractivity contribution in [3.63, 3.8) is 0 Å². The minimum Gasteiger partial charge on any atom is -0.309 e. The maximum atomic E-state index is 13.3. The van der Waals surface area contributed by atoms with Gasteiger partial charge in [0, 0.05) is 12.1 Å². The van der Waals surface area contributed by atoms with Gasteiger partial charge in [-0.05, 0) is 48.6 Å². The summed E-state index contributed by atoms with van der Waals surface area (Å²) in [6.07, 6.45) is 1.31. The van der Waals surface area contributed by atoms with Gasteiger partial charge in [0.25, 0.3) is 0 Å². The number of aromatic nitrogens is 2. The van der Waals surface area contributed by atoms with Gasteiger partial charge in [-0.25, -0.2) is 8.78 Å². The van der Waals surface area contributed by atoms with Crippen LogP contribution in [0.4, 0.5) is 8.78 Å². The maximum absolute atomic E-state index is 13.3. The fraction of sp³-hybridized carbons (Fsp3) is 0.429. The third kappa shape index (κ3) is 3.58. The highest BCUT2D eigenvalue weighted by atomic mass is 32.1. The van der Waals surface area contributed by atoms with Crippen LogP contribution < -0.4 is 5.32 Å². The molecule has 0 saturated carbocycles. The van der Waals surface area contributed by atoms with Crippen LogP contribution in [0.2, 0.25) is 0 Å². The van der Waals surface area contributed by atoms with Crippen molar-refractivity contribution < 1.29 is 8.78 Å². The van der Waals surface area contributed by atoms with Gasteiger partial charge >= 0.3 is 0 Å². The topological polar surface area (TPSA) is 37.8 Å². The highest BCUT2D eigenvalue weighted by Crippen LogP contribution is 2.25. The van der Waals surface area contributed by atoms with Gasteiger partial charge in [-0.15, -0.1) is 5.10 Å². The van der Waals surface area contributed by atoms with E-state index in [0.717, 1.165) is 29.6 Å². The van der Waals surface area contributed by atoms with Crippen LogP contribution in [0, 0.1) is 11.6 Å². The number of rotatable bonds is 6. The Balaban J connectivity index is 2.25. The zero-order valence-corrected chi connectivity index (χ0v) is 12.3. The molecule has 108 valence electrons. The summed E-state index contributed by atoms with van der Waals surface area (Å²) in [5.74, 6) is -1.10. The molecular formula is C14H17F2N3S. The fourth-order valence-electron chi connectivity index (χ4n) is 2.19. The molecule has 0 fully saturated rings. The monoisotopic (exact) mass is 297 g/mol. The molecule has 0 aliphatic rings. The van der Waals surface area contributed by atoms with Crippen LogP contribution in [-0.2, 0) is 12.8 Å². The SMILES string of the molecule is CCNC(Cc1cc(F)cc(F)c1)c1snnc1CC. The number of likely N-dealkylation sites (N-methyl/N-ethyl adjacent to an activating group) is 1. The fourth-order valence-corrected chi connectivity index (χ4v) is 3.01. The van der Waals surface area contributed by atoms with E-state index >= 15 is 0 Å². The van der Waals surface area contributed by atoms with E-state index in [4.69, 9.17) is 0 Å². The van der Waals surface area contributed by atoms with E-state index in [1.807, 2.05) is 13.8 Å². The highest BCUT2D eigenvalue weighted by molar-refractivity contribution is 7.05. The van der Waals surface area contributed by atoms with E-state index in [0.29, 0.717) is 12.0 Å². The average molecular weight is 297 g/mol. The molecule has 20 heavy (non-hydrogen) atoms. The van der Waals surface area contributed by atoms with Crippen molar-refractivity contribution >= 4 is 11.5 Å². The Morgan fingerprint density at radius 2 is 1.90 bits per heavy atom. The Kier molecular flexibility index (Phi) is 5.14. The van der Waals surface area contributed by atoms with Crippen LogP contribution in [0.5, 0.6) is 0 Å². The molecule has 0 amide bonds. The van der Waals surface area contributed by atoms with Crippen LogP contribution >= 0.6 is 11.5 Å². The lowest BCUT2D eigenvalue weighted by Crippen LogP contribution is -2.23. The Morgan fingerprint density at radius 1 is 1.20 bits per heavy atom. The Morgan fingerprint density at radius 3 is 2.50 bits per heavy atom. The summed E-state index contributed by atoms with van der Waals surface area (Å²) in [6.45, 7) is 4.79. The maximum Gasteiger partial charge on any atom is 0.126 e. The second-order valence-corrected chi connectivity index (χ2v) is 5.32. The Bertz CT molecular complexity index is 551. The first-order valence-corrected chi connectivity index (χ1v) is 7.40. The molecular weight excluding hydrogens is 280 g/mol. The molecule has 1 N–H and O–H groups in total. The molecule has 0 aliphatic carbocycles. The molecule has 1 atom stereocenters. The van der Waals surface area contributed by atoms with Crippen molar-refractivity contribution in [2.75, 3.05) is 6.54 Å². The van der Waals surface area contributed by atoms with Gasteiger partial charge in [-0.3, -0.25) is 0 Å². The Labute approximate surface area is 121 Å². The first-order chi connectivity index (χ1) is 9.63. The normalized spacial score (nSPS) is 12.6. The molecule has 0 spiro atoms. The van der Waals surface area contributed by atoms with Crippen LogP contribution in [-0.4, -0.2) is 16.1 Å². The minimum absolute atomic E-state index is 0.0175. The molecule has 1 unspecified atom stereocenters.